The monoisotopic (exact) mass is 297 g/mol. The lowest BCUT2D eigenvalue weighted by Crippen LogP contribution is -2.51. The highest BCUT2D eigenvalue weighted by Gasteiger charge is 2.39. The summed E-state index contributed by atoms with van der Waals surface area (Å²) in [5, 5.41) is 13.0. The summed E-state index contributed by atoms with van der Waals surface area (Å²) < 4.78 is 5.02. The van der Waals surface area contributed by atoms with Gasteiger partial charge in [-0.15, -0.1) is 0 Å². The Hall–Kier alpha value is -1.04. The van der Waals surface area contributed by atoms with E-state index in [2.05, 4.69) is 5.32 Å². The number of hydrogen-bond donors (Lipinski definition) is 2. The third-order valence-corrected chi connectivity index (χ3v) is 4.15. The number of rotatable bonds is 10. The van der Waals surface area contributed by atoms with E-state index >= 15 is 0 Å². The maximum absolute atomic E-state index is 11.9. The molecule has 1 unspecified atom stereocenters. The molecule has 0 saturated carbocycles. The summed E-state index contributed by atoms with van der Waals surface area (Å²) in [5.41, 5.74) is -0.235. The quantitative estimate of drug-likeness (QED) is 0.649. The van der Waals surface area contributed by atoms with Crippen molar-refractivity contribution in [3.05, 3.63) is 35.9 Å². The lowest BCUT2D eigenvalue weighted by Gasteiger charge is -2.31. The third kappa shape index (κ3) is 4.51. The van der Waals surface area contributed by atoms with Crippen LogP contribution in [0.5, 0.6) is 0 Å². The second-order valence-electron chi connectivity index (χ2n) is 4.55. The van der Waals surface area contributed by atoms with Crippen LogP contribution in [0.2, 0.25) is 0 Å². The van der Waals surface area contributed by atoms with Gasteiger partial charge in [0.05, 0.1) is 6.61 Å². The molecule has 0 radical (unpaired) electrons. The van der Waals surface area contributed by atoms with E-state index in [0.717, 1.165) is 17.7 Å². The van der Waals surface area contributed by atoms with Crippen molar-refractivity contribution in [3.63, 3.8) is 0 Å². The molecule has 0 spiro atoms. The van der Waals surface area contributed by atoms with Gasteiger partial charge in [0.1, 0.15) is 0 Å². The van der Waals surface area contributed by atoms with Crippen LogP contribution in [0.15, 0.2) is 30.3 Å². The fourth-order valence-corrected chi connectivity index (χ4v) is 3.05. The molecule has 0 aromatic heterocycles. The van der Waals surface area contributed by atoms with Crippen LogP contribution in [-0.2, 0) is 15.1 Å². The van der Waals surface area contributed by atoms with Crippen molar-refractivity contribution >= 4 is 17.7 Å². The van der Waals surface area contributed by atoms with E-state index in [9.17, 15) is 9.90 Å². The molecule has 1 aromatic carbocycles. The van der Waals surface area contributed by atoms with Crippen molar-refractivity contribution in [2.45, 2.75) is 18.9 Å². The second kappa shape index (κ2) is 9.00. The molecule has 0 saturated heterocycles. The van der Waals surface area contributed by atoms with Gasteiger partial charge < -0.3 is 9.84 Å². The Kier molecular flexibility index (Phi) is 7.65. The maximum atomic E-state index is 11.9. The average Bonchev–Trinajstić information content (AvgIpc) is 2.47. The molecule has 0 heterocycles. The third-order valence-electron chi connectivity index (χ3n) is 3.06. The molecule has 1 rings (SSSR count). The fraction of sp³-hybridized carbons (Fsp3) is 0.533. The van der Waals surface area contributed by atoms with E-state index in [1.165, 1.54) is 0 Å². The molecular formula is C15H23NO3S. The van der Waals surface area contributed by atoms with Gasteiger partial charge in [0.25, 0.3) is 0 Å². The molecule has 0 aliphatic carbocycles. The molecule has 2 N–H and O–H groups in total. The molecule has 5 heteroatoms. The molecule has 1 atom stereocenters. The number of aliphatic carboxylic acids is 1. The van der Waals surface area contributed by atoms with E-state index in [1.807, 2.05) is 37.3 Å². The van der Waals surface area contributed by atoms with Crippen molar-refractivity contribution in [1.82, 2.24) is 5.32 Å². The Bertz CT molecular complexity index is 399. The average molecular weight is 297 g/mol. The zero-order chi connectivity index (χ0) is 14.8. The maximum Gasteiger partial charge on any atom is 0.329 e. The number of methoxy groups -OCH3 is 1. The van der Waals surface area contributed by atoms with E-state index < -0.39 is 11.5 Å². The summed E-state index contributed by atoms with van der Waals surface area (Å²) in [6.07, 6.45) is 0.893. The van der Waals surface area contributed by atoms with Crippen molar-refractivity contribution in [2.24, 2.45) is 0 Å². The standard InChI is InChI=1S/C15H23NO3S/c1-3-9-16-15(14(17)18,12-20-11-10-19-2)13-7-5-4-6-8-13/h4-8,16H,3,9-12H2,1-2H3,(H,17,18). The minimum Gasteiger partial charge on any atom is -0.480 e. The number of nitrogens with one attached hydrogen (secondary N) is 1. The first-order chi connectivity index (χ1) is 9.67. The van der Waals surface area contributed by atoms with Gasteiger partial charge in [-0.05, 0) is 18.5 Å². The van der Waals surface area contributed by atoms with Gasteiger partial charge in [-0.2, -0.15) is 11.8 Å². The molecule has 0 aliphatic heterocycles. The highest BCUT2D eigenvalue weighted by Crippen LogP contribution is 2.26. The number of hydrogen-bond acceptors (Lipinski definition) is 4. The van der Waals surface area contributed by atoms with Gasteiger partial charge >= 0.3 is 5.97 Å². The number of carbonyl (C=O) groups is 1. The number of ether oxygens (including phenoxy) is 1. The van der Waals surface area contributed by atoms with Crippen LogP contribution < -0.4 is 5.32 Å². The summed E-state index contributed by atoms with van der Waals surface area (Å²) >= 11 is 1.59. The SMILES string of the molecule is CCCNC(CSCCOC)(C(=O)O)c1ccccc1. The van der Waals surface area contributed by atoms with Gasteiger partial charge in [0.15, 0.2) is 5.54 Å². The van der Waals surface area contributed by atoms with Crippen molar-refractivity contribution in [3.8, 4) is 0 Å². The summed E-state index contributed by atoms with van der Waals surface area (Å²) in [5.74, 6) is 0.434. The summed E-state index contributed by atoms with van der Waals surface area (Å²) in [4.78, 5) is 11.9. The molecule has 0 fully saturated rings. The zero-order valence-electron chi connectivity index (χ0n) is 12.1. The Morgan fingerprint density at radius 3 is 2.65 bits per heavy atom. The predicted molar refractivity (Wildman–Crippen MR) is 83.3 cm³/mol. The zero-order valence-corrected chi connectivity index (χ0v) is 12.9. The van der Waals surface area contributed by atoms with E-state index in [-0.39, 0.29) is 0 Å². The van der Waals surface area contributed by atoms with Crippen LogP contribution in [0.1, 0.15) is 18.9 Å². The van der Waals surface area contributed by atoms with Crippen LogP contribution in [-0.4, -0.2) is 42.8 Å². The smallest absolute Gasteiger partial charge is 0.329 e. The van der Waals surface area contributed by atoms with Gasteiger partial charge in [-0.25, -0.2) is 4.79 Å². The Morgan fingerprint density at radius 2 is 2.10 bits per heavy atom. The predicted octanol–water partition coefficient (Wildman–Crippen LogP) is 2.35. The summed E-state index contributed by atoms with van der Waals surface area (Å²) in [7, 11) is 1.65. The molecule has 0 amide bonds. The van der Waals surface area contributed by atoms with Crippen molar-refractivity contribution < 1.29 is 14.6 Å². The van der Waals surface area contributed by atoms with Crippen molar-refractivity contribution in [1.29, 1.82) is 0 Å². The molecule has 20 heavy (non-hydrogen) atoms. The molecule has 4 nitrogen and oxygen atoms in total. The molecule has 0 bridgehead atoms. The highest BCUT2D eigenvalue weighted by molar-refractivity contribution is 7.99. The number of carboxylic acid groups (broad SMARTS) is 1. The van der Waals surface area contributed by atoms with E-state index in [4.69, 9.17) is 4.74 Å². The van der Waals surface area contributed by atoms with E-state index in [1.54, 1.807) is 18.9 Å². The number of thioether (sulfide) groups is 1. The van der Waals surface area contributed by atoms with Gasteiger partial charge in [-0.1, -0.05) is 37.3 Å². The van der Waals surface area contributed by atoms with Crippen LogP contribution in [0.3, 0.4) is 0 Å². The number of benzene rings is 1. The first-order valence-electron chi connectivity index (χ1n) is 6.78. The van der Waals surface area contributed by atoms with Gasteiger partial charge in [0.2, 0.25) is 0 Å². The molecule has 112 valence electrons. The largest absolute Gasteiger partial charge is 0.480 e. The fourth-order valence-electron chi connectivity index (χ4n) is 1.93. The van der Waals surface area contributed by atoms with Crippen LogP contribution in [0, 0.1) is 0 Å². The normalized spacial score (nSPS) is 13.9. The van der Waals surface area contributed by atoms with Gasteiger partial charge in [-0.3, -0.25) is 5.32 Å². The van der Waals surface area contributed by atoms with E-state index in [0.29, 0.717) is 18.9 Å². The van der Waals surface area contributed by atoms with Crippen LogP contribution in [0.4, 0.5) is 0 Å². The van der Waals surface area contributed by atoms with Crippen LogP contribution >= 0.6 is 11.8 Å². The summed E-state index contributed by atoms with van der Waals surface area (Å²) in [6.45, 7) is 3.33. The number of carboxylic acids is 1. The lowest BCUT2D eigenvalue weighted by molar-refractivity contribution is -0.144. The first-order valence-corrected chi connectivity index (χ1v) is 7.93. The second-order valence-corrected chi connectivity index (χ2v) is 5.65. The minimum absolute atomic E-state index is 0.482. The Balaban J connectivity index is 2.92. The first kappa shape index (κ1) is 17.0. The Labute approximate surface area is 124 Å². The topological polar surface area (TPSA) is 58.6 Å². The molecule has 0 aliphatic rings. The lowest BCUT2D eigenvalue weighted by atomic mass is 9.91. The molecule has 1 aromatic rings. The van der Waals surface area contributed by atoms with Crippen molar-refractivity contribution in [2.75, 3.05) is 31.8 Å². The Morgan fingerprint density at radius 1 is 1.40 bits per heavy atom. The molecular weight excluding hydrogens is 274 g/mol. The van der Waals surface area contributed by atoms with Crippen LogP contribution in [0.25, 0.3) is 0 Å². The van der Waals surface area contributed by atoms with Gasteiger partial charge in [0, 0.05) is 18.6 Å². The highest BCUT2D eigenvalue weighted by atomic mass is 32.2. The summed E-state index contributed by atoms with van der Waals surface area (Å²) in [6, 6.07) is 9.39. The minimum atomic E-state index is -1.03.